The van der Waals surface area contributed by atoms with E-state index in [1.54, 1.807) is 0 Å². The van der Waals surface area contributed by atoms with E-state index in [0.29, 0.717) is 0 Å². The van der Waals surface area contributed by atoms with E-state index in [4.69, 9.17) is 0 Å². The van der Waals surface area contributed by atoms with Gasteiger partial charge >= 0.3 is 0 Å². The number of benzene rings is 1. The van der Waals surface area contributed by atoms with Gasteiger partial charge in [-0.25, -0.2) is 0 Å². The van der Waals surface area contributed by atoms with E-state index in [2.05, 4.69) is 72.3 Å². The van der Waals surface area contributed by atoms with Crippen LogP contribution >= 0.6 is 0 Å². The Kier molecular flexibility index (Phi) is 4.05. The molecule has 1 atom stereocenters. The van der Waals surface area contributed by atoms with Gasteiger partial charge in [-0.15, -0.1) is 0 Å². The van der Waals surface area contributed by atoms with Gasteiger partial charge < -0.3 is 5.32 Å². The largest absolute Gasteiger partial charge is 0.311 e. The van der Waals surface area contributed by atoms with E-state index >= 15 is 0 Å². The van der Waals surface area contributed by atoms with E-state index in [1.807, 2.05) is 13.2 Å². The molecule has 2 aromatic rings. The summed E-state index contributed by atoms with van der Waals surface area (Å²) in [6.45, 7) is 7.57. The predicted octanol–water partition coefficient (Wildman–Crippen LogP) is 3.14. The van der Waals surface area contributed by atoms with E-state index in [1.165, 1.54) is 11.3 Å². The third kappa shape index (κ3) is 2.56. The van der Waals surface area contributed by atoms with E-state index in [9.17, 15) is 0 Å². The van der Waals surface area contributed by atoms with Crippen LogP contribution in [0, 0.1) is 0 Å². The molecule has 0 aliphatic heterocycles. The Balaban J connectivity index is 2.42. The fraction of sp³-hybridized carbons (Fsp3) is 0.438. The zero-order valence-electron chi connectivity index (χ0n) is 12.2. The van der Waals surface area contributed by atoms with Gasteiger partial charge in [0.1, 0.15) is 0 Å². The van der Waals surface area contributed by atoms with Crippen LogP contribution in [0.5, 0.6) is 0 Å². The van der Waals surface area contributed by atoms with Crippen molar-refractivity contribution in [2.45, 2.75) is 38.8 Å². The van der Waals surface area contributed by atoms with Gasteiger partial charge in [0.25, 0.3) is 0 Å². The molecule has 1 heterocycles. The topological polar surface area (TPSA) is 29.9 Å². The average molecular weight is 257 g/mol. The lowest BCUT2D eigenvalue weighted by Gasteiger charge is -2.35. The third-order valence-electron chi connectivity index (χ3n) is 3.87. The summed E-state index contributed by atoms with van der Waals surface area (Å²) in [7, 11) is 2.02. The highest BCUT2D eigenvalue weighted by Crippen LogP contribution is 2.36. The second-order valence-corrected chi connectivity index (χ2v) is 5.38. The monoisotopic (exact) mass is 257 g/mol. The molecule has 0 aliphatic rings. The fourth-order valence-corrected chi connectivity index (χ4v) is 2.77. The summed E-state index contributed by atoms with van der Waals surface area (Å²) in [5.41, 5.74) is 2.57. The fourth-order valence-electron chi connectivity index (χ4n) is 2.77. The number of hydrogen-bond acceptors (Lipinski definition) is 2. The molecule has 0 spiro atoms. The molecule has 0 saturated carbocycles. The number of aryl methyl sites for hydroxylation is 1. The molecule has 3 nitrogen and oxygen atoms in total. The zero-order valence-corrected chi connectivity index (χ0v) is 12.2. The minimum Gasteiger partial charge on any atom is -0.311 e. The molecule has 0 bridgehead atoms. The molecule has 1 unspecified atom stereocenters. The molecule has 3 heteroatoms. The minimum absolute atomic E-state index is 0.00294. The Labute approximate surface area is 115 Å². The van der Waals surface area contributed by atoms with Crippen LogP contribution in [0.25, 0.3) is 0 Å². The van der Waals surface area contributed by atoms with E-state index in [-0.39, 0.29) is 11.5 Å². The maximum atomic E-state index is 4.39. The van der Waals surface area contributed by atoms with Gasteiger partial charge in [0.2, 0.25) is 0 Å². The summed E-state index contributed by atoms with van der Waals surface area (Å²) in [6, 6.07) is 13.0. The number of nitrogens with one attached hydrogen (secondary N) is 1. The van der Waals surface area contributed by atoms with Gasteiger partial charge in [0.05, 0.1) is 11.7 Å². The van der Waals surface area contributed by atoms with Crippen LogP contribution in [0.1, 0.15) is 38.1 Å². The number of nitrogens with zero attached hydrogens (tertiary/aromatic N) is 2. The van der Waals surface area contributed by atoms with Gasteiger partial charge in [-0.1, -0.05) is 44.2 Å². The van der Waals surface area contributed by atoms with Crippen molar-refractivity contribution in [1.82, 2.24) is 15.1 Å². The lowest BCUT2D eigenvalue weighted by Crippen LogP contribution is -2.37. The Hall–Kier alpha value is -1.61. The number of rotatable bonds is 5. The molecular weight excluding hydrogens is 234 g/mol. The zero-order chi connectivity index (χ0) is 13.9. The Morgan fingerprint density at radius 1 is 1.21 bits per heavy atom. The highest BCUT2D eigenvalue weighted by Gasteiger charge is 2.33. The quantitative estimate of drug-likeness (QED) is 0.891. The molecule has 1 aromatic carbocycles. The Bertz CT molecular complexity index is 514. The molecule has 0 amide bonds. The molecule has 2 rings (SSSR count). The Morgan fingerprint density at radius 2 is 1.89 bits per heavy atom. The van der Waals surface area contributed by atoms with Crippen molar-refractivity contribution in [3.05, 3.63) is 53.9 Å². The average Bonchev–Trinajstić information content (AvgIpc) is 2.88. The van der Waals surface area contributed by atoms with Crippen LogP contribution in [0.2, 0.25) is 0 Å². The summed E-state index contributed by atoms with van der Waals surface area (Å²) >= 11 is 0. The van der Waals surface area contributed by atoms with Crippen LogP contribution < -0.4 is 5.32 Å². The Morgan fingerprint density at radius 3 is 2.47 bits per heavy atom. The summed E-state index contributed by atoms with van der Waals surface area (Å²) in [4.78, 5) is 0. The molecule has 0 aliphatic carbocycles. The first-order valence-electron chi connectivity index (χ1n) is 6.85. The van der Waals surface area contributed by atoms with Gasteiger partial charge in [0.15, 0.2) is 0 Å². The predicted molar refractivity (Wildman–Crippen MR) is 79.2 cm³/mol. The minimum atomic E-state index is 0.00294. The molecule has 1 N–H and O–H groups in total. The van der Waals surface area contributed by atoms with Crippen molar-refractivity contribution in [3.63, 3.8) is 0 Å². The maximum absolute atomic E-state index is 4.39. The SMILES string of the molecule is CCn1nccc1C(NC)C(C)(C)c1ccccc1. The lowest BCUT2D eigenvalue weighted by atomic mass is 9.76. The smallest absolute Gasteiger partial charge is 0.0582 e. The van der Waals surface area contributed by atoms with Gasteiger partial charge in [-0.3, -0.25) is 4.68 Å². The van der Waals surface area contributed by atoms with Crippen LogP contribution in [0.3, 0.4) is 0 Å². The molecule has 19 heavy (non-hydrogen) atoms. The number of likely N-dealkylation sites (N-methyl/N-ethyl adjacent to an activating group) is 1. The molecule has 0 saturated heterocycles. The molecular formula is C16H23N3. The van der Waals surface area contributed by atoms with Gasteiger partial charge in [-0.05, 0) is 25.6 Å². The van der Waals surface area contributed by atoms with E-state index in [0.717, 1.165) is 6.54 Å². The first-order valence-corrected chi connectivity index (χ1v) is 6.85. The summed E-state index contributed by atoms with van der Waals surface area (Å²) in [6.07, 6.45) is 1.88. The molecule has 1 aromatic heterocycles. The summed E-state index contributed by atoms with van der Waals surface area (Å²) < 4.78 is 2.06. The van der Waals surface area contributed by atoms with Crippen LogP contribution in [-0.2, 0) is 12.0 Å². The van der Waals surface area contributed by atoms with Crippen molar-refractivity contribution >= 4 is 0 Å². The molecule has 102 valence electrons. The van der Waals surface area contributed by atoms with Crippen LogP contribution in [-0.4, -0.2) is 16.8 Å². The van der Waals surface area contributed by atoms with E-state index < -0.39 is 0 Å². The van der Waals surface area contributed by atoms with Crippen molar-refractivity contribution in [3.8, 4) is 0 Å². The van der Waals surface area contributed by atoms with Crippen molar-refractivity contribution < 1.29 is 0 Å². The normalized spacial score (nSPS) is 13.5. The van der Waals surface area contributed by atoms with Gasteiger partial charge in [0, 0.05) is 18.2 Å². The number of hydrogen-bond donors (Lipinski definition) is 1. The highest BCUT2D eigenvalue weighted by molar-refractivity contribution is 5.29. The second kappa shape index (κ2) is 5.57. The first kappa shape index (κ1) is 13.8. The summed E-state index contributed by atoms with van der Waals surface area (Å²) in [5.74, 6) is 0. The summed E-state index contributed by atoms with van der Waals surface area (Å²) in [5, 5.41) is 7.84. The first-order chi connectivity index (χ1) is 9.11. The van der Waals surface area contributed by atoms with Crippen LogP contribution in [0.4, 0.5) is 0 Å². The maximum Gasteiger partial charge on any atom is 0.0582 e. The third-order valence-corrected chi connectivity index (χ3v) is 3.87. The highest BCUT2D eigenvalue weighted by atomic mass is 15.3. The second-order valence-electron chi connectivity index (χ2n) is 5.38. The number of aromatic nitrogens is 2. The lowest BCUT2D eigenvalue weighted by molar-refractivity contribution is 0.346. The van der Waals surface area contributed by atoms with Gasteiger partial charge in [-0.2, -0.15) is 5.10 Å². The van der Waals surface area contributed by atoms with Crippen molar-refractivity contribution in [2.24, 2.45) is 0 Å². The van der Waals surface area contributed by atoms with Crippen molar-refractivity contribution in [1.29, 1.82) is 0 Å². The van der Waals surface area contributed by atoms with Crippen molar-refractivity contribution in [2.75, 3.05) is 7.05 Å². The van der Waals surface area contributed by atoms with Crippen LogP contribution in [0.15, 0.2) is 42.6 Å². The standard InChI is InChI=1S/C16H23N3/c1-5-19-14(11-12-18-19)15(17-4)16(2,3)13-9-7-6-8-10-13/h6-12,15,17H,5H2,1-4H3. The molecule has 0 fully saturated rings. The molecule has 0 radical (unpaired) electrons.